The van der Waals surface area contributed by atoms with Crippen LogP contribution < -0.4 is 0 Å². The van der Waals surface area contributed by atoms with Gasteiger partial charge in [-0.05, 0) is 37.3 Å². The average Bonchev–Trinajstić information content (AvgIpc) is 2.98. The van der Waals surface area contributed by atoms with Crippen LogP contribution in [0.15, 0.2) is 72.8 Å². The Labute approximate surface area is 157 Å². The summed E-state index contributed by atoms with van der Waals surface area (Å²) in [5.41, 5.74) is 1.60. The number of rotatable bonds is 2. The van der Waals surface area contributed by atoms with Gasteiger partial charge < -0.3 is 20.1 Å². The Kier molecular flexibility index (Phi) is 5.14. The highest BCUT2D eigenvalue weighted by Crippen LogP contribution is 2.47. The first-order chi connectivity index (χ1) is 13.0. The Morgan fingerprint density at radius 1 is 0.815 bits per heavy atom. The Balaban J connectivity index is 0.000000659. The van der Waals surface area contributed by atoms with Gasteiger partial charge in [0.15, 0.2) is 5.60 Å². The average molecular weight is 364 g/mol. The molecule has 0 amide bonds. The molecule has 4 rings (SSSR count). The molecule has 1 aliphatic heterocycles. The van der Waals surface area contributed by atoms with Crippen molar-refractivity contribution in [3.8, 4) is 11.5 Å². The monoisotopic (exact) mass is 364 g/mol. The number of carbonyl (C=O) groups is 1. The molecule has 5 heteroatoms. The summed E-state index contributed by atoms with van der Waals surface area (Å²) in [4.78, 5) is 12.4. The lowest BCUT2D eigenvalue weighted by Crippen LogP contribution is -2.29. The number of hydrogen-bond donors (Lipinski definition) is 3. The molecule has 0 radical (unpaired) electrons. The number of aliphatic hydroxyl groups is 1. The molecule has 27 heavy (non-hydrogen) atoms. The van der Waals surface area contributed by atoms with Gasteiger partial charge in [0, 0.05) is 23.3 Å². The largest absolute Gasteiger partial charge is 0.508 e. The van der Waals surface area contributed by atoms with Gasteiger partial charge in [-0.2, -0.15) is 0 Å². The van der Waals surface area contributed by atoms with Crippen LogP contribution in [0, 0.1) is 0 Å². The molecule has 3 N–H and O–H groups in total. The highest BCUT2D eigenvalue weighted by atomic mass is 16.6. The van der Waals surface area contributed by atoms with E-state index >= 15 is 0 Å². The molecule has 3 aromatic rings. The van der Waals surface area contributed by atoms with Gasteiger partial charge in [-0.15, -0.1) is 0 Å². The molecule has 0 bridgehead atoms. The molecular formula is C22H20O5. The second-order valence-corrected chi connectivity index (χ2v) is 6.03. The number of benzene rings is 3. The lowest BCUT2D eigenvalue weighted by molar-refractivity contribution is 0.0251. The van der Waals surface area contributed by atoms with Gasteiger partial charge in [0.05, 0.1) is 5.56 Å². The van der Waals surface area contributed by atoms with Crippen LogP contribution in [0.2, 0.25) is 0 Å². The van der Waals surface area contributed by atoms with E-state index in [0.29, 0.717) is 5.56 Å². The number of esters is 1. The first-order valence-corrected chi connectivity index (χ1v) is 8.55. The SMILES string of the molecule is CCO.O=C1OC(c2ccc(O)cc2)(c2ccc(O)cc2)c2ccccc21. The van der Waals surface area contributed by atoms with Crippen LogP contribution in [0.1, 0.15) is 34.0 Å². The molecule has 1 heterocycles. The van der Waals surface area contributed by atoms with Gasteiger partial charge in [0.1, 0.15) is 11.5 Å². The first-order valence-electron chi connectivity index (χ1n) is 8.55. The van der Waals surface area contributed by atoms with Crippen LogP contribution in [-0.2, 0) is 10.3 Å². The van der Waals surface area contributed by atoms with E-state index in [2.05, 4.69) is 0 Å². The maximum atomic E-state index is 12.4. The van der Waals surface area contributed by atoms with Crippen LogP contribution in [0.4, 0.5) is 0 Å². The Hall–Kier alpha value is -3.31. The summed E-state index contributed by atoms with van der Waals surface area (Å²) in [7, 11) is 0. The zero-order valence-electron chi connectivity index (χ0n) is 14.8. The van der Waals surface area contributed by atoms with Crippen LogP contribution in [0.5, 0.6) is 11.5 Å². The third-order valence-corrected chi connectivity index (χ3v) is 4.32. The zero-order valence-corrected chi connectivity index (χ0v) is 14.8. The predicted octanol–water partition coefficient (Wildman–Crippen LogP) is 3.56. The molecule has 0 atom stereocenters. The van der Waals surface area contributed by atoms with Crippen molar-refractivity contribution >= 4 is 5.97 Å². The lowest BCUT2D eigenvalue weighted by atomic mass is 9.80. The van der Waals surface area contributed by atoms with Crippen molar-refractivity contribution in [2.45, 2.75) is 12.5 Å². The number of cyclic esters (lactones) is 1. The van der Waals surface area contributed by atoms with Crippen molar-refractivity contribution in [1.29, 1.82) is 0 Å². The first kappa shape index (κ1) is 18.5. The molecule has 0 saturated heterocycles. The molecule has 0 aliphatic carbocycles. The Morgan fingerprint density at radius 2 is 1.26 bits per heavy atom. The van der Waals surface area contributed by atoms with Gasteiger partial charge in [-0.25, -0.2) is 4.79 Å². The summed E-state index contributed by atoms with van der Waals surface area (Å²) in [6.07, 6.45) is 0. The second-order valence-electron chi connectivity index (χ2n) is 6.03. The number of hydrogen-bond acceptors (Lipinski definition) is 5. The van der Waals surface area contributed by atoms with Crippen molar-refractivity contribution in [2.75, 3.05) is 6.61 Å². The summed E-state index contributed by atoms with van der Waals surface area (Å²) in [5, 5.41) is 26.8. The minimum atomic E-state index is -1.10. The molecule has 0 unspecified atom stereocenters. The molecule has 5 nitrogen and oxygen atoms in total. The van der Waals surface area contributed by atoms with E-state index in [1.54, 1.807) is 67.6 Å². The number of fused-ring (bicyclic) bond motifs is 1. The van der Waals surface area contributed by atoms with Crippen molar-refractivity contribution in [3.63, 3.8) is 0 Å². The van der Waals surface area contributed by atoms with Gasteiger partial charge in [0.25, 0.3) is 0 Å². The fourth-order valence-electron chi connectivity index (χ4n) is 3.20. The molecule has 3 aromatic carbocycles. The minimum absolute atomic E-state index is 0.136. The van der Waals surface area contributed by atoms with Crippen molar-refractivity contribution in [1.82, 2.24) is 0 Å². The van der Waals surface area contributed by atoms with E-state index in [0.717, 1.165) is 16.7 Å². The molecule has 0 aromatic heterocycles. The maximum Gasteiger partial charge on any atom is 0.340 e. The standard InChI is InChI=1S/C20H14O4.C2H6O/c21-15-9-5-13(6-10-15)20(14-7-11-16(22)12-8-14)18-4-2-1-3-17(18)19(23)24-20;1-2-3/h1-12,21-22H;3H,2H2,1H3. The second kappa shape index (κ2) is 7.51. The number of phenols is 2. The molecule has 0 fully saturated rings. The summed E-state index contributed by atoms with van der Waals surface area (Å²) < 4.78 is 5.87. The number of phenolic OH excluding ortho intramolecular Hbond substituents is 2. The molecule has 138 valence electrons. The molecule has 0 spiro atoms. The summed E-state index contributed by atoms with van der Waals surface area (Å²) in [6, 6.07) is 20.4. The summed E-state index contributed by atoms with van der Waals surface area (Å²) >= 11 is 0. The van der Waals surface area contributed by atoms with Crippen LogP contribution in [-0.4, -0.2) is 27.9 Å². The third-order valence-electron chi connectivity index (χ3n) is 4.32. The van der Waals surface area contributed by atoms with E-state index in [1.165, 1.54) is 0 Å². The van der Waals surface area contributed by atoms with Gasteiger partial charge in [0.2, 0.25) is 0 Å². The van der Waals surface area contributed by atoms with E-state index in [9.17, 15) is 15.0 Å². The van der Waals surface area contributed by atoms with Gasteiger partial charge in [-0.3, -0.25) is 0 Å². The van der Waals surface area contributed by atoms with E-state index in [4.69, 9.17) is 9.84 Å². The van der Waals surface area contributed by atoms with E-state index in [-0.39, 0.29) is 18.1 Å². The quantitative estimate of drug-likeness (QED) is 0.605. The van der Waals surface area contributed by atoms with E-state index in [1.807, 2.05) is 12.1 Å². The minimum Gasteiger partial charge on any atom is -0.508 e. The summed E-state index contributed by atoms with van der Waals surface area (Å²) in [6.45, 7) is 1.93. The van der Waals surface area contributed by atoms with Crippen molar-refractivity contribution in [3.05, 3.63) is 95.1 Å². The van der Waals surface area contributed by atoms with Crippen LogP contribution in [0.25, 0.3) is 0 Å². The van der Waals surface area contributed by atoms with E-state index < -0.39 is 11.6 Å². The number of aliphatic hydroxyl groups excluding tert-OH is 1. The van der Waals surface area contributed by atoms with Gasteiger partial charge >= 0.3 is 5.97 Å². The van der Waals surface area contributed by atoms with Crippen LogP contribution in [0.3, 0.4) is 0 Å². The topological polar surface area (TPSA) is 87.0 Å². The number of ether oxygens (including phenoxy) is 1. The molecule has 1 aliphatic rings. The molecule has 0 saturated carbocycles. The highest BCUT2D eigenvalue weighted by molar-refractivity contribution is 5.96. The zero-order chi connectivity index (χ0) is 19.4. The number of carbonyl (C=O) groups excluding carboxylic acids is 1. The normalized spacial score (nSPS) is 13.9. The van der Waals surface area contributed by atoms with Crippen molar-refractivity contribution < 1.29 is 24.9 Å². The predicted molar refractivity (Wildman–Crippen MR) is 101 cm³/mol. The maximum absolute atomic E-state index is 12.4. The summed E-state index contributed by atoms with van der Waals surface area (Å²) in [5.74, 6) is -0.124. The lowest BCUT2D eigenvalue weighted by Gasteiger charge is -2.30. The Bertz CT molecular complexity index is 884. The smallest absolute Gasteiger partial charge is 0.340 e. The van der Waals surface area contributed by atoms with Gasteiger partial charge in [-0.1, -0.05) is 42.5 Å². The Morgan fingerprint density at radius 3 is 1.74 bits per heavy atom. The third kappa shape index (κ3) is 3.25. The fourth-order valence-corrected chi connectivity index (χ4v) is 3.20. The highest BCUT2D eigenvalue weighted by Gasteiger charge is 2.48. The van der Waals surface area contributed by atoms with Crippen LogP contribution >= 0.6 is 0 Å². The molecular weight excluding hydrogens is 344 g/mol. The van der Waals surface area contributed by atoms with Crippen molar-refractivity contribution in [2.24, 2.45) is 0 Å². The number of aromatic hydroxyl groups is 2. The fraction of sp³-hybridized carbons (Fsp3) is 0.136.